The molecule has 31 heavy (non-hydrogen) atoms. The van der Waals surface area contributed by atoms with Crippen LogP contribution in [-0.2, 0) is 4.79 Å². The van der Waals surface area contributed by atoms with Crippen LogP contribution in [-0.4, -0.2) is 16.5 Å². The van der Waals surface area contributed by atoms with Gasteiger partial charge in [-0.3, -0.25) is 14.9 Å². The third-order valence-electron chi connectivity index (χ3n) is 4.49. The molecule has 0 fully saturated rings. The second-order valence-electron chi connectivity index (χ2n) is 6.61. The average molecular weight is 477 g/mol. The van der Waals surface area contributed by atoms with Crippen LogP contribution in [0.5, 0.6) is 0 Å². The molecule has 0 saturated heterocycles. The molecule has 1 aliphatic rings. The molecule has 0 atom stereocenters. The number of benzene rings is 2. The van der Waals surface area contributed by atoms with Crippen LogP contribution in [0.4, 0.5) is 11.4 Å². The highest BCUT2D eigenvalue weighted by Gasteiger charge is 2.29. The van der Waals surface area contributed by atoms with Crippen molar-refractivity contribution >= 4 is 63.9 Å². The maximum Gasteiger partial charge on any atom is 0.280 e. The number of nitro groups is 1. The number of non-ortho nitro benzene ring substituents is 1. The standard InChI is InChI=1S/C21H12Cl3N3O4/c1-11-17(21(28)26(25-11)15-7-12(22)6-13(23)8-15)10-16-3-5-20(31-16)18-9-14(27(29)30)2-4-19(18)24/h2-10H,1H3/b17-10-. The van der Waals surface area contributed by atoms with Crippen LogP contribution in [0.2, 0.25) is 15.1 Å². The van der Waals surface area contributed by atoms with Gasteiger partial charge in [0.05, 0.1) is 26.9 Å². The molecule has 0 saturated carbocycles. The zero-order valence-corrected chi connectivity index (χ0v) is 18.1. The molecule has 0 unspecified atom stereocenters. The summed E-state index contributed by atoms with van der Waals surface area (Å²) in [5.74, 6) is 0.322. The molecule has 156 valence electrons. The number of hydrogen-bond donors (Lipinski definition) is 0. The Morgan fingerprint density at radius 1 is 1.06 bits per heavy atom. The van der Waals surface area contributed by atoms with Gasteiger partial charge in [-0.1, -0.05) is 34.8 Å². The number of nitrogens with zero attached hydrogens (tertiary/aromatic N) is 3. The molecule has 1 amide bonds. The molecule has 0 N–H and O–H groups in total. The Morgan fingerprint density at radius 2 is 1.77 bits per heavy atom. The molecule has 4 rings (SSSR count). The van der Waals surface area contributed by atoms with Crippen molar-refractivity contribution in [2.75, 3.05) is 5.01 Å². The van der Waals surface area contributed by atoms with Crippen LogP contribution >= 0.6 is 34.8 Å². The summed E-state index contributed by atoms with van der Waals surface area (Å²) in [7, 11) is 0. The van der Waals surface area contributed by atoms with Gasteiger partial charge in [0.15, 0.2) is 0 Å². The molecule has 2 heterocycles. The summed E-state index contributed by atoms with van der Waals surface area (Å²) in [5, 5.41) is 17.6. The number of halogens is 3. The van der Waals surface area contributed by atoms with Crippen molar-refractivity contribution in [3.8, 4) is 11.3 Å². The Balaban J connectivity index is 1.66. The minimum atomic E-state index is -0.515. The lowest BCUT2D eigenvalue weighted by Gasteiger charge is -2.12. The third-order valence-corrected chi connectivity index (χ3v) is 5.26. The molecule has 0 bridgehead atoms. The van der Waals surface area contributed by atoms with Crippen LogP contribution in [0, 0.1) is 10.1 Å². The molecule has 1 aromatic heterocycles. The second kappa shape index (κ2) is 8.19. The molecule has 10 heteroatoms. The SMILES string of the molecule is CC1=NN(c2cc(Cl)cc(Cl)c2)C(=O)/C1=C\c1ccc(-c2cc([N+](=O)[O-])ccc2Cl)o1. The number of amides is 1. The van der Waals surface area contributed by atoms with Crippen molar-refractivity contribution in [3.05, 3.63) is 85.0 Å². The Hall–Kier alpha value is -3.13. The monoisotopic (exact) mass is 475 g/mol. The van der Waals surface area contributed by atoms with Gasteiger partial charge in [0.25, 0.3) is 11.6 Å². The first-order valence-corrected chi connectivity index (χ1v) is 9.98. The van der Waals surface area contributed by atoms with Gasteiger partial charge in [-0.15, -0.1) is 0 Å². The van der Waals surface area contributed by atoms with Crippen molar-refractivity contribution < 1.29 is 14.1 Å². The molecule has 1 aliphatic heterocycles. The summed E-state index contributed by atoms with van der Waals surface area (Å²) < 4.78 is 5.77. The van der Waals surface area contributed by atoms with E-state index in [9.17, 15) is 14.9 Å². The number of rotatable bonds is 4. The van der Waals surface area contributed by atoms with Crippen LogP contribution < -0.4 is 5.01 Å². The summed E-state index contributed by atoms with van der Waals surface area (Å²) in [6, 6.07) is 12.1. The summed E-state index contributed by atoms with van der Waals surface area (Å²) >= 11 is 18.2. The molecule has 0 spiro atoms. The number of nitro benzene ring substituents is 1. The molecule has 7 nitrogen and oxygen atoms in total. The summed E-state index contributed by atoms with van der Waals surface area (Å²) in [5.41, 5.74) is 1.50. The first-order chi connectivity index (χ1) is 14.7. The van der Waals surface area contributed by atoms with Crippen LogP contribution in [0.3, 0.4) is 0 Å². The van der Waals surface area contributed by atoms with Crippen molar-refractivity contribution in [1.29, 1.82) is 0 Å². The van der Waals surface area contributed by atoms with Gasteiger partial charge < -0.3 is 4.42 Å². The first kappa shape index (κ1) is 21.1. The summed E-state index contributed by atoms with van der Waals surface area (Å²) in [4.78, 5) is 23.4. The van der Waals surface area contributed by atoms with Gasteiger partial charge in [-0.2, -0.15) is 10.1 Å². The molecule has 3 aromatic rings. The maximum absolute atomic E-state index is 12.9. The average Bonchev–Trinajstić information content (AvgIpc) is 3.27. The number of carbonyl (C=O) groups excluding carboxylic acids is 1. The van der Waals surface area contributed by atoms with Crippen LogP contribution in [0.15, 0.2) is 63.6 Å². The highest BCUT2D eigenvalue weighted by atomic mass is 35.5. The zero-order valence-electron chi connectivity index (χ0n) is 15.8. The fourth-order valence-electron chi connectivity index (χ4n) is 3.05. The van der Waals surface area contributed by atoms with Crippen molar-refractivity contribution in [2.24, 2.45) is 5.10 Å². The van der Waals surface area contributed by atoms with Gasteiger partial charge in [0.1, 0.15) is 11.5 Å². The maximum atomic E-state index is 12.9. The normalized spacial score (nSPS) is 15.0. The molecular weight excluding hydrogens is 465 g/mol. The molecular formula is C21H12Cl3N3O4. The van der Waals surface area contributed by atoms with E-state index in [0.717, 1.165) is 0 Å². The number of carbonyl (C=O) groups is 1. The molecule has 0 radical (unpaired) electrons. The fourth-order valence-corrected chi connectivity index (χ4v) is 3.78. The smallest absolute Gasteiger partial charge is 0.280 e. The molecule has 0 aliphatic carbocycles. The van der Waals surface area contributed by atoms with Crippen molar-refractivity contribution in [2.45, 2.75) is 6.92 Å². The predicted octanol–water partition coefficient (Wildman–Crippen LogP) is 6.62. The third kappa shape index (κ3) is 4.20. The van der Waals surface area contributed by atoms with Gasteiger partial charge in [0.2, 0.25) is 0 Å². The lowest BCUT2D eigenvalue weighted by Crippen LogP contribution is -2.21. The number of hydrogen-bond acceptors (Lipinski definition) is 5. The molecule has 2 aromatic carbocycles. The number of anilines is 1. The highest BCUT2D eigenvalue weighted by Crippen LogP contribution is 2.34. The summed E-state index contributed by atoms with van der Waals surface area (Å²) in [6.45, 7) is 1.69. The quantitative estimate of drug-likeness (QED) is 0.240. The Kier molecular flexibility index (Phi) is 5.58. The van der Waals surface area contributed by atoms with Gasteiger partial charge in [-0.25, -0.2) is 0 Å². The van der Waals surface area contributed by atoms with E-state index in [-0.39, 0.29) is 11.6 Å². The fraction of sp³-hybridized carbons (Fsp3) is 0.0476. The van der Waals surface area contributed by atoms with Gasteiger partial charge in [-0.05, 0) is 49.4 Å². The predicted molar refractivity (Wildman–Crippen MR) is 121 cm³/mol. The van der Waals surface area contributed by atoms with E-state index in [2.05, 4.69) is 5.10 Å². The van der Waals surface area contributed by atoms with Crippen molar-refractivity contribution in [1.82, 2.24) is 0 Å². The Morgan fingerprint density at radius 3 is 2.45 bits per heavy atom. The van der Waals surface area contributed by atoms with E-state index >= 15 is 0 Å². The zero-order chi connectivity index (χ0) is 22.3. The highest BCUT2D eigenvalue weighted by molar-refractivity contribution is 6.36. The lowest BCUT2D eigenvalue weighted by atomic mass is 10.1. The van der Waals surface area contributed by atoms with Crippen LogP contribution in [0.25, 0.3) is 17.4 Å². The number of hydrazone groups is 1. The topological polar surface area (TPSA) is 89.0 Å². The first-order valence-electron chi connectivity index (χ1n) is 8.85. The largest absolute Gasteiger partial charge is 0.457 e. The van der Waals surface area contributed by atoms with E-state index in [0.29, 0.717) is 49.1 Å². The van der Waals surface area contributed by atoms with E-state index < -0.39 is 4.92 Å². The van der Waals surface area contributed by atoms with E-state index in [1.54, 1.807) is 43.3 Å². The Bertz CT molecular complexity index is 1280. The second-order valence-corrected chi connectivity index (χ2v) is 7.89. The lowest BCUT2D eigenvalue weighted by molar-refractivity contribution is -0.384. The minimum Gasteiger partial charge on any atom is -0.457 e. The minimum absolute atomic E-state index is 0.111. The van der Waals surface area contributed by atoms with Gasteiger partial charge in [0, 0.05) is 27.7 Å². The van der Waals surface area contributed by atoms with E-state index in [1.165, 1.54) is 23.2 Å². The van der Waals surface area contributed by atoms with Gasteiger partial charge >= 0.3 is 0 Å². The number of furan rings is 1. The van der Waals surface area contributed by atoms with Crippen LogP contribution in [0.1, 0.15) is 12.7 Å². The van der Waals surface area contributed by atoms with Crippen molar-refractivity contribution in [3.63, 3.8) is 0 Å². The van der Waals surface area contributed by atoms with E-state index in [4.69, 9.17) is 39.2 Å². The van der Waals surface area contributed by atoms with E-state index in [1.807, 2.05) is 0 Å². The Labute approximate surface area is 191 Å². The summed E-state index contributed by atoms with van der Waals surface area (Å²) in [6.07, 6.45) is 1.54.